The van der Waals surface area contributed by atoms with Crippen LogP contribution in [0.5, 0.6) is 5.75 Å². The minimum Gasteiger partial charge on any atom is -0.478 e. The summed E-state index contributed by atoms with van der Waals surface area (Å²) < 4.78 is 5.71. The summed E-state index contributed by atoms with van der Waals surface area (Å²) in [4.78, 5) is 26.6. The molecular formula is C20H19ClN2O3. The molecule has 2 aromatic rings. The molecule has 0 saturated heterocycles. The predicted octanol–water partition coefficient (Wildman–Crippen LogP) is 3.64. The zero-order valence-electron chi connectivity index (χ0n) is 14.2. The third kappa shape index (κ3) is 4.24. The lowest BCUT2D eigenvalue weighted by Gasteiger charge is -2.28. The van der Waals surface area contributed by atoms with Gasteiger partial charge < -0.3 is 15.0 Å². The summed E-state index contributed by atoms with van der Waals surface area (Å²) >= 11 is 5.90. The van der Waals surface area contributed by atoms with Crippen LogP contribution in [0.1, 0.15) is 12.0 Å². The minimum atomic E-state index is -0.852. The first-order chi connectivity index (χ1) is 12.6. The van der Waals surface area contributed by atoms with Crippen LogP contribution < -0.4 is 10.1 Å². The lowest BCUT2D eigenvalue weighted by molar-refractivity contribution is -0.137. The van der Waals surface area contributed by atoms with E-state index in [1.54, 1.807) is 35.2 Å². The van der Waals surface area contributed by atoms with E-state index in [0.29, 0.717) is 29.5 Å². The van der Waals surface area contributed by atoms with Crippen molar-refractivity contribution in [3.05, 3.63) is 71.8 Å². The number of carbonyl (C=O) groups excluding carboxylic acids is 2. The van der Waals surface area contributed by atoms with Crippen LogP contribution in [0.2, 0.25) is 5.02 Å². The van der Waals surface area contributed by atoms with Crippen molar-refractivity contribution in [1.82, 2.24) is 4.90 Å². The van der Waals surface area contributed by atoms with Gasteiger partial charge in [-0.2, -0.15) is 0 Å². The first-order valence-electron chi connectivity index (χ1n) is 8.26. The number of fused-ring (bicyclic) bond motifs is 1. The van der Waals surface area contributed by atoms with E-state index in [9.17, 15) is 9.59 Å². The van der Waals surface area contributed by atoms with Crippen molar-refractivity contribution in [1.29, 1.82) is 0 Å². The van der Waals surface area contributed by atoms with Gasteiger partial charge >= 0.3 is 0 Å². The van der Waals surface area contributed by atoms with Gasteiger partial charge in [-0.05, 0) is 29.8 Å². The lowest BCUT2D eigenvalue weighted by Crippen LogP contribution is -2.42. The number of carbonyl (C=O) groups is 2. The van der Waals surface area contributed by atoms with Crippen LogP contribution in [0.15, 0.2) is 61.2 Å². The summed E-state index contributed by atoms with van der Waals surface area (Å²) in [7, 11) is 0. The Kier molecular flexibility index (Phi) is 5.58. The van der Waals surface area contributed by atoms with Crippen LogP contribution in [-0.2, 0) is 16.1 Å². The lowest BCUT2D eigenvalue weighted by atomic mass is 10.1. The van der Waals surface area contributed by atoms with Gasteiger partial charge in [0.25, 0.3) is 5.91 Å². The number of anilines is 1. The standard InChI is InChI=1S/C20H19ClN2O3/c1-2-11-23(13-14-7-9-15(21)10-8-14)19(24)12-18-20(25)22-16-5-3-4-6-17(16)26-18/h2-10,18H,1,11-13H2,(H,22,25). The van der Waals surface area contributed by atoms with Crippen LogP contribution in [0.4, 0.5) is 5.69 Å². The molecule has 0 spiro atoms. The highest BCUT2D eigenvalue weighted by atomic mass is 35.5. The topological polar surface area (TPSA) is 58.6 Å². The van der Waals surface area contributed by atoms with Crippen molar-refractivity contribution >= 4 is 29.1 Å². The molecule has 1 aliphatic rings. The number of halogens is 1. The number of hydrogen-bond acceptors (Lipinski definition) is 3. The monoisotopic (exact) mass is 370 g/mol. The van der Waals surface area contributed by atoms with Crippen LogP contribution in [-0.4, -0.2) is 29.4 Å². The summed E-state index contributed by atoms with van der Waals surface area (Å²) in [5.41, 5.74) is 1.56. The number of para-hydroxylation sites is 2. The van der Waals surface area contributed by atoms with Gasteiger partial charge in [0.05, 0.1) is 12.1 Å². The average molecular weight is 371 g/mol. The second-order valence-electron chi connectivity index (χ2n) is 5.99. The highest BCUT2D eigenvalue weighted by molar-refractivity contribution is 6.30. The molecule has 2 aromatic carbocycles. The Balaban J connectivity index is 1.68. The molecule has 1 N–H and O–H groups in total. The molecule has 0 radical (unpaired) electrons. The van der Waals surface area contributed by atoms with Crippen LogP contribution in [0, 0.1) is 0 Å². The van der Waals surface area contributed by atoms with Gasteiger partial charge in [0, 0.05) is 18.1 Å². The molecule has 1 atom stereocenters. The van der Waals surface area contributed by atoms with Crippen molar-refractivity contribution in [2.45, 2.75) is 19.1 Å². The highest BCUT2D eigenvalue weighted by Gasteiger charge is 2.31. The quantitative estimate of drug-likeness (QED) is 0.790. The van der Waals surface area contributed by atoms with Crippen molar-refractivity contribution < 1.29 is 14.3 Å². The molecule has 0 aliphatic carbocycles. The molecule has 1 heterocycles. The fraction of sp³-hybridized carbons (Fsp3) is 0.200. The van der Waals surface area contributed by atoms with Gasteiger partial charge in [-0.25, -0.2) is 0 Å². The molecule has 134 valence electrons. The van der Waals surface area contributed by atoms with E-state index in [1.807, 2.05) is 24.3 Å². The number of nitrogens with one attached hydrogen (secondary N) is 1. The molecule has 26 heavy (non-hydrogen) atoms. The Labute approximate surface area is 157 Å². The fourth-order valence-electron chi connectivity index (χ4n) is 2.74. The molecule has 0 fully saturated rings. The fourth-order valence-corrected chi connectivity index (χ4v) is 2.86. The van der Waals surface area contributed by atoms with Gasteiger partial charge in [0.2, 0.25) is 5.91 Å². The van der Waals surface area contributed by atoms with Crippen molar-refractivity contribution in [2.75, 3.05) is 11.9 Å². The second-order valence-corrected chi connectivity index (χ2v) is 6.42. The summed E-state index contributed by atoms with van der Waals surface area (Å²) in [6, 6.07) is 14.4. The Hall–Kier alpha value is -2.79. The van der Waals surface area contributed by atoms with Gasteiger partial charge in [0.15, 0.2) is 6.10 Å². The first kappa shape index (κ1) is 18.0. The van der Waals surface area contributed by atoms with Crippen LogP contribution in [0.3, 0.4) is 0 Å². The van der Waals surface area contributed by atoms with E-state index in [2.05, 4.69) is 11.9 Å². The van der Waals surface area contributed by atoms with Gasteiger partial charge in [-0.15, -0.1) is 6.58 Å². The normalized spacial score (nSPS) is 15.4. The number of rotatable bonds is 6. The maximum atomic E-state index is 12.7. The van der Waals surface area contributed by atoms with Gasteiger partial charge in [-0.1, -0.05) is 41.9 Å². The number of ether oxygens (including phenoxy) is 1. The van der Waals surface area contributed by atoms with Crippen molar-refractivity contribution in [2.24, 2.45) is 0 Å². The van der Waals surface area contributed by atoms with E-state index < -0.39 is 6.10 Å². The molecule has 1 aliphatic heterocycles. The number of nitrogens with zero attached hydrogens (tertiary/aromatic N) is 1. The molecular weight excluding hydrogens is 352 g/mol. The molecule has 5 nitrogen and oxygen atoms in total. The molecule has 6 heteroatoms. The predicted molar refractivity (Wildman–Crippen MR) is 101 cm³/mol. The Morgan fingerprint density at radius 1 is 1.23 bits per heavy atom. The zero-order valence-corrected chi connectivity index (χ0v) is 14.9. The van der Waals surface area contributed by atoms with Gasteiger partial charge in [-0.3, -0.25) is 9.59 Å². The minimum absolute atomic E-state index is 0.0401. The van der Waals surface area contributed by atoms with E-state index >= 15 is 0 Å². The van der Waals surface area contributed by atoms with E-state index in [0.717, 1.165) is 5.56 Å². The molecule has 2 amide bonds. The molecule has 0 bridgehead atoms. The summed E-state index contributed by atoms with van der Waals surface area (Å²) in [5.74, 6) is 0.0688. The number of benzene rings is 2. The smallest absolute Gasteiger partial charge is 0.266 e. The van der Waals surface area contributed by atoms with Crippen molar-refractivity contribution in [3.8, 4) is 5.75 Å². The maximum Gasteiger partial charge on any atom is 0.266 e. The SMILES string of the molecule is C=CCN(Cc1ccc(Cl)cc1)C(=O)CC1Oc2ccccc2NC1=O. The Bertz CT molecular complexity index is 820. The Morgan fingerprint density at radius 3 is 2.69 bits per heavy atom. The largest absolute Gasteiger partial charge is 0.478 e. The van der Waals surface area contributed by atoms with E-state index in [1.165, 1.54) is 0 Å². The Morgan fingerprint density at radius 2 is 1.96 bits per heavy atom. The average Bonchev–Trinajstić information content (AvgIpc) is 2.63. The second kappa shape index (κ2) is 8.06. The van der Waals surface area contributed by atoms with E-state index in [-0.39, 0.29) is 18.2 Å². The maximum absolute atomic E-state index is 12.7. The van der Waals surface area contributed by atoms with Crippen LogP contribution >= 0.6 is 11.6 Å². The molecule has 0 saturated carbocycles. The summed E-state index contributed by atoms with van der Waals surface area (Å²) in [5, 5.41) is 3.41. The summed E-state index contributed by atoms with van der Waals surface area (Å²) in [6.07, 6.45) is 0.766. The molecule has 3 rings (SSSR count). The third-order valence-electron chi connectivity index (χ3n) is 4.06. The molecule has 1 unspecified atom stereocenters. The third-order valence-corrected chi connectivity index (χ3v) is 4.31. The van der Waals surface area contributed by atoms with E-state index in [4.69, 9.17) is 16.3 Å². The summed E-state index contributed by atoms with van der Waals surface area (Å²) in [6.45, 7) is 4.50. The highest BCUT2D eigenvalue weighted by Crippen LogP contribution is 2.29. The zero-order chi connectivity index (χ0) is 18.5. The first-order valence-corrected chi connectivity index (χ1v) is 8.64. The molecule has 0 aromatic heterocycles. The van der Waals surface area contributed by atoms with Gasteiger partial charge in [0.1, 0.15) is 5.75 Å². The number of hydrogen-bond donors (Lipinski definition) is 1. The number of amides is 2. The van der Waals surface area contributed by atoms with Crippen molar-refractivity contribution in [3.63, 3.8) is 0 Å². The van der Waals surface area contributed by atoms with Crippen LogP contribution in [0.25, 0.3) is 0 Å².